The van der Waals surface area contributed by atoms with Gasteiger partial charge in [-0.2, -0.15) is 0 Å². The van der Waals surface area contributed by atoms with Crippen molar-refractivity contribution in [3.05, 3.63) is 0 Å². The molecule has 0 aromatic carbocycles. The van der Waals surface area contributed by atoms with Gasteiger partial charge in [0.2, 0.25) is 0 Å². The Bertz CT molecular complexity index is 113. The maximum absolute atomic E-state index is 10.9. The number of unbranched alkanes of at least 4 members (excludes halogenated alkanes) is 2. The summed E-state index contributed by atoms with van der Waals surface area (Å²) in [5.41, 5.74) is 0. The van der Waals surface area contributed by atoms with Crippen LogP contribution in [0.4, 0.5) is 4.79 Å². The van der Waals surface area contributed by atoms with Crippen molar-refractivity contribution < 1.29 is 4.79 Å². The predicted molar refractivity (Wildman–Crippen MR) is 45.6 cm³/mol. The minimum absolute atomic E-state index is 0.124. The van der Waals surface area contributed by atoms with Crippen LogP contribution in [-0.2, 0) is 0 Å². The Morgan fingerprint density at radius 3 is 2.45 bits per heavy atom. The molecule has 0 N–H and O–H groups in total. The van der Waals surface area contributed by atoms with E-state index in [1.807, 2.05) is 0 Å². The number of carbonyl (C=O) groups excluding carboxylic acids is 1. The van der Waals surface area contributed by atoms with E-state index in [0.29, 0.717) is 6.54 Å². The van der Waals surface area contributed by atoms with Gasteiger partial charge in [0.05, 0.1) is 0 Å². The zero-order valence-electron chi connectivity index (χ0n) is 7.63. The van der Waals surface area contributed by atoms with Crippen LogP contribution in [0.5, 0.6) is 0 Å². The Balaban J connectivity index is 3.18. The molecular formula is C8H17N2O. The third kappa shape index (κ3) is 5.70. The molecule has 0 aliphatic heterocycles. The van der Waals surface area contributed by atoms with Gasteiger partial charge >= 0.3 is 6.03 Å². The van der Waals surface area contributed by atoms with Crippen molar-refractivity contribution in [2.45, 2.75) is 26.2 Å². The predicted octanol–water partition coefficient (Wildman–Crippen LogP) is 1.46. The van der Waals surface area contributed by atoms with Crippen LogP contribution in [0.15, 0.2) is 0 Å². The van der Waals surface area contributed by atoms with E-state index in [1.165, 1.54) is 11.3 Å². The fraction of sp³-hybridized carbons (Fsp3) is 0.875. The van der Waals surface area contributed by atoms with E-state index in [2.05, 4.69) is 12.2 Å². The second-order valence-corrected chi connectivity index (χ2v) is 2.77. The molecule has 0 atom stereocenters. The lowest BCUT2D eigenvalue weighted by molar-refractivity contribution is 0.216. The van der Waals surface area contributed by atoms with Gasteiger partial charge in [-0.25, -0.2) is 10.1 Å². The van der Waals surface area contributed by atoms with Crippen molar-refractivity contribution >= 4 is 6.03 Å². The average molecular weight is 157 g/mol. The van der Waals surface area contributed by atoms with Gasteiger partial charge in [0.15, 0.2) is 0 Å². The van der Waals surface area contributed by atoms with Crippen LogP contribution in [0.2, 0.25) is 0 Å². The lowest BCUT2D eigenvalue weighted by Gasteiger charge is -2.08. The largest absolute Gasteiger partial charge is 0.338 e. The lowest BCUT2D eigenvalue weighted by Crippen LogP contribution is -2.29. The highest BCUT2D eigenvalue weighted by Crippen LogP contribution is 1.92. The van der Waals surface area contributed by atoms with E-state index in [9.17, 15) is 4.79 Å². The van der Waals surface area contributed by atoms with Crippen molar-refractivity contribution in [1.82, 2.24) is 10.2 Å². The lowest BCUT2D eigenvalue weighted by atomic mass is 10.2. The van der Waals surface area contributed by atoms with E-state index >= 15 is 0 Å². The molecule has 0 unspecified atom stereocenters. The monoisotopic (exact) mass is 157 g/mol. The number of amides is 2. The van der Waals surface area contributed by atoms with Crippen LogP contribution >= 0.6 is 0 Å². The molecule has 65 valence electrons. The van der Waals surface area contributed by atoms with Gasteiger partial charge < -0.3 is 4.90 Å². The van der Waals surface area contributed by atoms with Crippen LogP contribution in [-0.4, -0.2) is 31.6 Å². The number of nitrogens with zero attached hydrogens (tertiary/aromatic N) is 2. The van der Waals surface area contributed by atoms with E-state index in [4.69, 9.17) is 0 Å². The zero-order chi connectivity index (χ0) is 8.69. The maximum Gasteiger partial charge on any atom is 0.338 e. The number of urea groups is 1. The summed E-state index contributed by atoms with van der Waals surface area (Å²) in [6, 6.07) is -0.124. The smallest absolute Gasteiger partial charge is 0.329 e. The summed E-state index contributed by atoms with van der Waals surface area (Å²) in [7, 11) is 3.43. The highest BCUT2D eigenvalue weighted by atomic mass is 16.2. The first-order chi connectivity index (χ1) is 5.18. The molecule has 0 saturated carbocycles. The summed E-state index contributed by atoms with van der Waals surface area (Å²) in [4.78, 5) is 12.4. The molecule has 0 aliphatic rings. The van der Waals surface area contributed by atoms with Crippen molar-refractivity contribution in [2.24, 2.45) is 0 Å². The van der Waals surface area contributed by atoms with Crippen LogP contribution in [0.1, 0.15) is 26.2 Å². The Hall–Kier alpha value is -0.730. The van der Waals surface area contributed by atoms with Crippen molar-refractivity contribution in [3.8, 4) is 0 Å². The molecule has 0 spiro atoms. The standard InChI is InChI=1S/C8H17N2O/c1-4-5-6-7-9-8(11)10(2)3/h4-7H2,1-3H3. The van der Waals surface area contributed by atoms with Crippen molar-refractivity contribution in [2.75, 3.05) is 20.6 Å². The quantitative estimate of drug-likeness (QED) is 0.569. The van der Waals surface area contributed by atoms with Gasteiger partial charge in [-0.05, 0) is 6.42 Å². The van der Waals surface area contributed by atoms with Crippen molar-refractivity contribution in [1.29, 1.82) is 0 Å². The number of hydrogen-bond donors (Lipinski definition) is 0. The van der Waals surface area contributed by atoms with Gasteiger partial charge in [0, 0.05) is 20.6 Å². The first-order valence-electron chi connectivity index (χ1n) is 4.07. The molecule has 0 fully saturated rings. The van der Waals surface area contributed by atoms with E-state index in [0.717, 1.165) is 12.8 Å². The second-order valence-electron chi connectivity index (χ2n) is 2.77. The minimum Gasteiger partial charge on any atom is -0.329 e. The first kappa shape index (κ1) is 10.3. The van der Waals surface area contributed by atoms with Crippen LogP contribution in [0, 0.1) is 0 Å². The molecule has 2 amide bonds. The first-order valence-corrected chi connectivity index (χ1v) is 4.07. The fourth-order valence-electron chi connectivity index (χ4n) is 0.678. The highest BCUT2D eigenvalue weighted by molar-refractivity contribution is 5.73. The van der Waals surface area contributed by atoms with Gasteiger partial charge in [-0.3, -0.25) is 0 Å². The number of rotatable bonds is 4. The van der Waals surface area contributed by atoms with Gasteiger partial charge in [-0.15, -0.1) is 0 Å². The SMILES string of the molecule is CCCCC[N]C(=O)N(C)C. The molecule has 0 aromatic heterocycles. The molecule has 3 nitrogen and oxygen atoms in total. The van der Waals surface area contributed by atoms with E-state index < -0.39 is 0 Å². The van der Waals surface area contributed by atoms with E-state index in [1.54, 1.807) is 14.1 Å². The maximum atomic E-state index is 10.9. The Morgan fingerprint density at radius 1 is 1.36 bits per heavy atom. The van der Waals surface area contributed by atoms with Gasteiger partial charge in [0.25, 0.3) is 0 Å². The number of hydrogen-bond acceptors (Lipinski definition) is 1. The summed E-state index contributed by atoms with van der Waals surface area (Å²) >= 11 is 0. The molecule has 0 heterocycles. The Kier molecular flexibility index (Phi) is 5.61. The van der Waals surface area contributed by atoms with Crippen molar-refractivity contribution in [3.63, 3.8) is 0 Å². The van der Waals surface area contributed by atoms with Crippen LogP contribution in [0.25, 0.3) is 0 Å². The van der Waals surface area contributed by atoms with Crippen LogP contribution < -0.4 is 5.32 Å². The summed E-state index contributed by atoms with van der Waals surface area (Å²) in [6.07, 6.45) is 3.35. The van der Waals surface area contributed by atoms with Crippen LogP contribution in [0.3, 0.4) is 0 Å². The van der Waals surface area contributed by atoms with Gasteiger partial charge in [0.1, 0.15) is 0 Å². The highest BCUT2D eigenvalue weighted by Gasteiger charge is 2.02. The average Bonchev–Trinajstić information content (AvgIpc) is 1.97. The number of carbonyl (C=O) groups is 1. The molecule has 0 aromatic rings. The molecule has 0 saturated heterocycles. The second kappa shape index (κ2) is 6.01. The zero-order valence-corrected chi connectivity index (χ0v) is 7.63. The third-order valence-electron chi connectivity index (χ3n) is 1.39. The topological polar surface area (TPSA) is 34.4 Å². The summed E-state index contributed by atoms with van der Waals surface area (Å²) in [6.45, 7) is 2.80. The summed E-state index contributed by atoms with van der Waals surface area (Å²) < 4.78 is 0. The molecule has 0 bridgehead atoms. The fourth-order valence-corrected chi connectivity index (χ4v) is 0.678. The normalized spacial score (nSPS) is 9.36. The molecule has 0 aliphatic carbocycles. The summed E-state index contributed by atoms with van der Waals surface area (Å²) in [5.74, 6) is 0. The molecule has 1 radical (unpaired) electrons. The Labute approximate surface area is 68.8 Å². The third-order valence-corrected chi connectivity index (χ3v) is 1.39. The van der Waals surface area contributed by atoms with Gasteiger partial charge in [-0.1, -0.05) is 19.8 Å². The minimum atomic E-state index is -0.124. The molecule has 0 rings (SSSR count). The molecule has 3 heteroatoms. The molecular weight excluding hydrogens is 140 g/mol. The Morgan fingerprint density at radius 2 is 2.00 bits per heavy atom. The van der Waals surface area contributed by atoms with E-state index in [-0.39, 0.29) is 6.03 Å². The summed E-state index contributed by atoms with van der Waals surface area (Å²) in [5, 5.41) is 3.85. The molecule has 11 heavy (non-hydrogen) atoms.